The molecule has 7 heteroatoms. The molecular weight excluding hydrogens is 264 g/mol. The van der Waals surface area contributed by atoms with Gasteiger partial charge >= 0.3 is 5.97 Å². The van der Waals surface area contributed by atoms with Crippen molar-refractivity contribution in [1.29, 1.82) is 0 Å². The van der Waals surface area contributed by atoms with Gasteiger partial charge in [-0.2, -0.15) is 0 Å². The van der Waals surface area contributed by atoms with Crippen molar-refractivity contribution in [2.24, 2.45) is 0 Å². The molecule has 0 fully saturated rings. The van der Waals surface area contributed by atoms with Crippen LogP contribution in [0.2, 0.25) is 0 Å². The lowest BCUT2D eigenvalue weighted by Gasteiger charge is -2.16. The molecule has 1 rings (SSSR count). The molecule has 0 aliphatic heterocycles. The van der Waals surface area contributed by atoms with Crippen LogP contribution < -0.4 is 4.90 Å². The molecule has 0 aliphatic rings. The largest absolute Gasteiger partial charge is 0.477 e. The van der Waals surface area contributed by atoms with Crippen LogP contribution in [-0.4, -0.2) is 28.5 Å². The van der Waals surface area contributed by atoms with Crippen molar-refractivity contribution in [1.82, 2.24) is 4.98 Å². The third kappa shape index (κ3) is 3.17. The number of carbonyl (C=O) groups excluding carboxylic acids is 1. The van der Waals surface area contributed by atoms with Gasteiger partial charge in [0.15, 0.2) is 5.13 Å². The van der Waals surface area contributed by atoms with Crippen LogP contribution in [0.15, 0.2) is 0 Å². The Kier molecular flexibility index (Phi) is 4.89. The first-order valence-electron chi connectivity index (χ1n) is 5.08. The number of thiazole rings is 1. The number of amides is 1. The van der Waals surface area contributed by atoms with Crippen LogP contribution in [0.5, 0.6) is 0 Å². The Balaban J connectivity index is 3.12. The summed E-state index contributed by atoms with van der Waals surface area (Å²) in [5, 5.41) is 9.36. The average Bonchev–Trinajstić information content (AvgIpc) is 2.69. The van der Waals surface area contributed by atoms with Crippen LogP contribution in [-0.2, 0) is 10.7 Å². The number of carbonyl (C=O) groups is 2. The Morgan fingerprint density at radius 3 is 2.53 bits per heavy atom. The number of halogens is 1. The highest BCUT2D eigenvalue weighted by molar-refractivity contribution is 7.17. The molecule has 17 heavy (non-hydrogen) atoms. The van der Waals surface area contributed by atoms with E-state index in [1.807, 2.05) is 6.92 Å². The van der Waals surface area contributed by atoms with Gasteiger partial charge in [0.2, 0.25) is 5.91 Å². The van der Waals surface area contributed by atoms with E-state index in [9.17, 15) is 9.59 Å². The number of aromatic carboxylic acids is 1. The van der Waals surface area contributed by atoms with E-state index < -0.39 is 5.97 Å². The summed E-state index contributed by atoms with van der Waals surface area (Å²) >= 11 is 6.61. The normalized spacial score (nSPS) is 10.3. The summed E-state index contributed by atoms with van der Waals surface area (Å²) in [5.41, 5.74) is 0.307. The smallest absolute Gasteiger partial charge is 0.347 e. The van der Waals surface area contributed by atoms with Crippen LogP contribution in [0, 0.1) is 0 Å². The van der Waals surface area contributed by atoms with E-state index in [1.165, 1.54) is 11.8 Å². The van der Waals surface area contributed by atoms with E-state index in [-0.39, 0.29) is 16.7 Å². The zero-order chi connectivity index (χ0) is 13.0. The van der Waals surface area contributed by atoms with E-state index in [2.05, 4.69) is 4.98 Å². The number of hydrogen-bond donors (Lipinski definition) is 1. The maximum Gasteiger partial charge on any atom is 0.347 e. The fourth-order valence-electron chi connectivity index (χ4n) is 1.32. The number of nitrogens with zero attached hydrogens (tertiary/aromatic N) is 2. The highest BCUT2D eigenvalue weighted by Crippen LogP contribution is 2.27. The number of carboxylic acids is 1. The molecule has 1 aromatic rings. The first kappa shape index (κ1) is 13.9. The van der Waals surface area contributed by atoms with Gasteiger partial charge in [-0.25, -0.2) is 9.78 Å². The van der Waals surface area contributed by atoms with Crippen LogP contribution in [0.3, 0.4) is 0 Å². The second-order valence-electron chi connectivity index (χ2n) is 3.38. The number of aromatic nitrogens is 1. The van der Waals surface area contributed by atoms with Crippen molar-refractivity contribution in [2.45, 2.75) is 26.1 Å². The summed E-state index contributed by atoms with van der Waals surface area (Å²) in [4.78, 5) is 28.0. The monoisotopic (exact) mass is 276 g/mol. The van der Waals surface area contributed by atoms with Gasteiger partial charge in [-0.05, 0) is 6.42 Å². The number of alkyl halides is 1. The van der Waals surface area contributed by atoms with Gasteiger partial charge in [0.1, 0.15) is 4.88 Å². The van der Waals surface area contributed by atoms with Crippen LogP contribution in [0.1, 0.15) is 35.6 Å². The molecule has 1 amide bonds. The third-order valence-electron chi connectivity index (χ3n) is 2.07. The lowest BCUT2D eigenvalue weighted by atomic mass is 10.4. The summed E-state index contributed by atoms with van der Waals surface area (Å²) in [5.74, 6) is -1.20. The van der Waals surface area contributed by atoms with Crippen molar-refractivity contribution < 1.29 is 14.7 Å². The van der Waals surface area contributed by atoms with Gasteiger partial charge in [0.05, 0.1) is 11.6 Å². The molecule has 0 spiro atoms. The van der Waals surface area contributed by atoms with Gasteiger partial charge in [0.25, 0.3) is 0 Å². The maximum atomic E-state index is 11.4. The van der Waals surface area contributed by atoms with Crippen molar-refractivity contribution in [2.75, 3.05) is 11.4 Å². The highest BCUT2D eigenvalue weighted by atomic mass is 35.5. The maximum absolute atomic E-state index is 11.4. The third-order valence-corrected chi connectivity index (χ3v) is 3.43. The second-order valence-corrected chi connectivity index (χ2v) is 4.63. The van der Waals surface area contributed by atoms with E-state index in [4.69, 9.17) is 16.7 Å². The van der Waals surface area contributed by atoms with Crippen molar-refractivity contribution in [3.05, 3.63) is 10.6 Å². The molecule has 1 aromatic heterocycles. The molecule has 94 valence electrons. The molecule has 0 radical (unpaired) electrons. The molecule has 1 N–H and O–H groups in total. The SMILES string of the molecule is CCCN(C(C)=O)c1nc(CCl)c(C(=O)O)s1. The minimum atomic E-state index is -1.07. The zero-order valence-corrected chi connectivity index (χ0v) is 11.1. The zero-order valence-electron chi connectivity index (χ0n) is 9.57. The fraction of sp³-hybridized carbons (Fsp3) is 0.500. The lowest BCUT2D eigenvalue weighted by molar-refractivity contribution is -0.116. The summed E-state index contributed by atoms with van der Waals surface area (Å²) in [6, 6.07) is 0. The molecule has 0 saturated heterocycles. The summed E-state index contributed by atoms with van der Waals surface area (Å²) in [6.07, 6.45) is 0.776. The lowest BCUT2D eigenvalue weighted by Crippen LogP contribution is -2.28. The molecule has 5 nitrogen and oxygen atoms in total. The minimum absolute atomic E-state index is 0.0238. The Morgan fingerprint density at radius 2 is 2.18 bits per heavy atom. The Bertz CT molecular complexity index is 433. The number of hydrogen-bond acceptors (Lipinski definition) is 4. The molecule has 0 aromatic carbocycles. The van der Waals surface area contributed by atoms with Gasteiger partial charge in [-0.1, -0.05) is 18.3 Å². The summed E-state index contributed by atoms with van der Waals surface area (Å²) in [7, 11) is 0. The van der Waals surface area contributed by atoms with Gasteiger partial charge in [0, 0.05) is 13.5 Å². The second kappa shape index (κ2) is 5.97. The van der Waals surface area contributed by atoms with Gasteiger partial charge < -0.3 is 5.11 Å². The topological polar surface area (TPSA) is 70.5 Å². The van der Waals surface area contributed by atoms with Gasteiger partial charge in [-0.3, -0.25) is 9.69 Å². The van der Waals surface area contributed by atoms with Crippen LogP contribution in [0.4, 0.5) is 5.13 Å². The van der Waals surface area contributed by atoms with Gasteiger partial charge in [-0.15, -0.1) is 11.6 Å². The molecule has 0 bridgehead atoms. The molecule has 1 heterocycles. The number of carboxylic acid groups (broad SMARTS) is 1. The molecule has 0 aliphatic carbocycles. The fourth-order valence-corrected chi connectivity index (χ4v) is 2.59. The van der Waals surface area contributed by atoms with Crippen LogP contribution in [0.25, 0.3) is 0 Å². The Labute approximate surface area is 108 Å². The van der Waals surface area contributed by atoms with E-state index in [1.54, 1.807) is 0 Å². The van der Waals surface area contributed by atoms with E-state index in [0.29, 0.717) is 17.4 Å². The first-order valence-corrected chi connectivity index (χ1v) is 6.43. The minimum Gasteiger partial charge on any atom is -0.477 e. The van der Waals surface area contributed by atoms with E-state index >= 15 is 0 Å². The Morgan fingerprint density at radius 1 is 1.53 bits per heavy atom. The summed E-state index contributed by atoms with van der Waals surface area (Å²) < 4.78 is 0. The predicted molar refractivity (Wildman–Crippen MR) is 66.9 cm³/mol. The van der Waals surface area contributed by atoms with E-state index in [0.717, 1.165) is 17.8 Å². The molecule has 0 atom stereocenters. The standard InChI is InChI=1S/C10H13ClN2O3S/c1-3-4-13(6(2)14)10-12-7(5-11)8(17-10)9(15)16/h3-5H2,1-2H3,(H,15,16). The van der Waals surface area contributed by atoms with Crippen molar-refractivity contribution >= 4 is 39.9 Å². The summed E-state index contributed by atoms with van der Waals surface area (Å²) in [6.45, 7) is 3.88. The average molecular weight is 277 g/mol. The van der Waals surface area contributed by atoms with Crippen molar-refractivity contribution in [3.8, 4) is 0 Å². The number of rotatable bonds is 5. The molecule has 0 saturated carbocycles. The quantitative estimate of drug-likeness (QED) is 0.838. The first-order chi connectivity index (χ1) is 8.01. The number of anilines is 1. The highest BCUT2D eigenvalue weighted by Gasteiger charge is 2.21. The van der Waals surface area contributed by atoms with Crippen molar-refractivity contribution in [3.63, 3.8) is 0 Å². The molecular formula is C10H13ClN2O3S. The Hall–Kier alpha value is -1.14. The van der Waals surface area contributed by atoms with Crippen LogP contribution >= 0.6 is 22.9 Å². The predicted octanol–water partition coefficient (Wildman–Crippen LogP) is 2.34. The molecule has 0 unspecified atom stereocenters.